The molecule has 1 heterocycles. The summed E-state index contributed by atoms with van der Waals surface area (Å²) in [5.74, 6) is -1.82. The third kappa shape index (κ3) is 4.40. The first kappa shape index (κ1) is 19.9. The summed E-state index contributed by atoms with van der Waals surface area (Å²) < 4.78 is 9.99. The second-order valence-corrected chi connectivity index (χ2v) is 7.06. The largest absolute Gasteiger partial charge is 0.462 e. The highest BCUT2D eigenvalue weighted by atomic mass is 32.1. The number of rotatable bonds is 7. The van der Waals surface area contributed by atoms with Crippen LogP contribution in [0.2, 0.25) is 0 Å². The number of nitrogens with one attached hydrogen (secondary N) is 2. The van der Waals surface area contributed by atoms with E-state index in [2.05, 4.69) is 10.6 Å². The van der Waals surface area contributed by atoms with Crippen LogP contribution >= 0.6 is 11.3 Å². The molecule has 0 aromatic carbocycles. The maximum Gasteiger partial charge on any atom is 0.341 e. The van der Waals surface area contributed by atoms with Crippen molar-refractivity contribution in [3.8, 4) is 0 Å². The van der Waals surface area contributed by atoms with Crippen molar-refractivity contribution in [1.29, 1.82) is 0 Å². The highest BCUT2D eigenvalue weighted by molar-refractivity contribution is 7.18. The molecular weight excluding hydrogens is 360 g/mol. The van der Waals surface area contributed by atoms with Gasteiger partial charge in [0.15, 0.2) is 6.61 Å². The molecule has 8 nitrogen and oxygen atoms in total. The van der Waals surface area contributed by atoms with E-state index in [0.717, 1.165) is 17.8 Å². The molecule has 2 rings (SSSR count). The second kappa shape index (κ2) is 8.31. The Bertz CT molecular complexity index is 742. The topological polar surface area (TPSA) is 111 Å². The zero-order valence-corrected chi connectivity index (χ0v) is 16.0. The number of hydrogen-bond acceptors (Lipinski definition) is 7. The van der Waals surface area contributed by atoms with Crippen LogP contribution in [0.3, 0.4) is 0 Å². The number of hydrogen-bond donors (Lipinski definition) is 2. The first-order chi connectivity index (χ1) is 12.3. The molecule has 0 spiro atoms. The van der Waals surface area contributed by atoms with Crippen molar-refractivity contribution in [3.63, 3.8) is 0 Å². The Labute approximate surface area is 155 Å². The number of anilines is 1. The van der Waals surface area contributed by atoms with Crippen LogP contribution < -0.4 is 10.6 Å². The van der Waals surface area contributed by atoms with Gasteiger partial charge in [-0.3, -0.25) is 14.4 Å². The van der Waals surface area contributed by atoms with Gasteiger partial charge in [-0.2, -0.15) is 0 Å². The minimum Gasteiger partial charge on any atom is -0.462 e. The van der Waals surface area contributed by atoms with E-state index in [1.807, 2.05) is 6.92 Å². The average molecular weight is 382 g/mol. The van der Waals surface area contributed by atoms with Crippen LogP contribution in [0.5, 0.6) is 0 Å². The molecule has 2 N–H and O–H groups in total. The summed E-state index contributed by atoms with van der Waals surface area (Å²) in [7, 11) is 1.47. The van der Waals surface area contributed by atoms with E-state index in [0.29, 0.717) is 10.4 Å². The van der Waals surface area contributed by atoms with Crippen molar-refractivity contribution < 1.29 is 28.7 Å². The number of esters is 2. The average Bonchev–Trinajstić information content (AvgIpc) is 3.24. The van der Waals surface area contributed by atoms with Gasteiger partial charge in [-0.15, -0.1) is 11.3 Å². The van der Waals surface area contributed by atoms with Crippen LogP contribution in [-0.2, 0) is 19.1 Å². The standard InChI is InChI=1S/C17H22N2O6S/c1-5-24-17(23)12-9(3)13(14(21)18-4)26-15(12)19-11(20)7-25-16(22)10-6-8(10)2/h8,10H,5-7H2,1-4H3,(H,18,21)(H,19,20)/t8-,10-/m0/s1. The first-order valence-corrected chi connectivity index (χ1v) is 9.10. The van der Waals surface area contributed by atoms with Gasteiger partial charge in [-0.05, 0) is 31.7 Å². The lowest BCUT2D eigenvalue weighted by molar-refractivity contribution is -0.148. The van der Waals surface area contributed by atoms with E-state index in [1.165, 1.54) is 7.05 Å². The van der Waals surface area contributed by atoms with Gasteiger partial charge in [0, 0.05) is 7.05 Å². The monoisotopic (exact) mass is 382 g/mol. The van der Waals surface area contributed by atoms with Crippen molar-refractivity contribution >= 4 is 40.1 Å². The summed E-state index contributed by atoms with van der Waals surface area (Å²) in [6.45, 7) is 4.92. The molecule has 0 bridgehead atoms. The van der Waals surface area contributed by atoms with E-state index in [-0.39, 0.29) is 34.9 Å². The summed E-state index contributed by atoms with van der Waals surface area (Å²) in [6, 6.07) is 0. The quantitative estimate of drug-likeness (QED) is 0.695. The first-order valence-electron chi connectivity index (χ1n) is 8.29. The van der Waals surface area contributed by atoms with Gasteiger partial charge in [0.1, 0.15) is 5.00 Å². The minimum absolute atomic E-state index is 0.131. The SMILES string of the molecule is CCOC(=O)c1c(NC(=O)COC(=O)[C@H]2C[C@@H]2C)sc(C(=O)NC)c1C. The van der Waals surface area contributed by atoms with Crippen LogP contribution in [0.4, 0.5) is 5.00 Å². The molecule has 2 amide bonds. The lowest BCUT2D eigenvalue weighted by atomic mass is 10.1. The molecule has 0 aliphatic heterocycles. The number of thiophene rings is 1. The van der Waals surface area contributed by atoms with Crippen molar-refractivity contribution in [2.45, 2.75) is 27.2 Å². The predicted molar refractivity (Wildman–Crippen MR) is 95.3 cm³/mol. The van der Waals surface area contributed by atoms with Crippen molar-refractivity contribution in [1.82, 2.24) is 5.32 Å². The maximum atomic E-state index is 12.2. The fraction of sp³-hybridized carbons (Fsp3) is 0.529. The number of ether oxygens (including phenoxy) is 2. The van der Waals surface area contributed by atoms with Crippen LogP contribution in [0.15, 0.2) is 0 Å². The lowest BCUT2D eigenvalue weighted by Gasteiger charge is -2.07. The molecule has 0 unspecified atom stereocenters. The molecule has 9 heteroatoms. The normalized spacial score (nSPS) is 18.0. The molecular formula is C17H22N2O6S. The molecule has 1 fully saturated rings. The summed E-state index contributed by atoms with van der Waals surface area (Å²) in [6.07, 6.45) is 0.771. The van der Waals surface area contributed by atoms with Crippen molar-refractivity contribution in [2.24, 2.45) is 11.8 Å². The van der Waals surface area contributed by atoms with Crippen LogP contribution in [0.1, 0.15) is 45.9 Å². The number of amides is 2. The summed E-state index contributed by atoms with van der Waals surface area (Å²) in [5.41, 5.74) is 0.554. The van der Waals surface area contributed by atoms with Gasteiger partial charge in [-0.25, -0.2) is 4.79 Å². The van der Waals surface area contributed by atoms with E-state index in [9.17, 15) is 19.2 Å². The van der Waals surface area contributed by atoms with E-state index in [1.54, 1.807) is 13.8 Å². The van der Waals surface area contributed by atoms with E-state index < -0.39 is 24.5 Å². The zero-order valence-electron chi connectivity index (χ0n) is 15.1. The molecule has 1 aromatic rings. The Morgan fingerprint density at radius 2 is 1.88 bits per heavy atom. The van der Waals surface area contributed by atoms with Gasteiger partial charge in [0.2, 0.25) is 0 Å². The van der Waals surface area contributed by atoms with Crippen LogP contribution in [0, 0.1) is 18.8 Å². The van der Waals surface area contributed by atoms with Gasteiger partial charge in [-0.1, -0.05) is 6.92 Å². The van der Waals surface area contributed by atoms with Crippen molar-refractivity contribution in [3.05, 3.63) is 16.0 Å². The summed E-state index contributed by atoms with van der Waals surface area (Å²) in [4.78, 5) is 48.3. The van der Waals surface area contributed by atoms with Crippen LogP contribution in [-0.4, -0.2) is 44.0 Å². The lowest BCUT2D eigenvalue weighted by Crippen LogP contribution is -2.22. The predicted octanol–water partition coefficient (Wildman–Crippen LogP) is 1.73. The zero-order chi connectivity index (χ0) is 19.4. The fourth-order valence-corrected chi connectivity index (χ4v) is 3.60. The third-order valence-corrected chi connectivity index (χ3v) is 5.28. The molecule has 1 saturated carbocycles. The molecule has 26 heavy (non-hydrogen) atoms. The van der Waals surface area contributed by atoms with Gasteiger partial charge in [0.05, 0.1) is 23.0 Å². The maximum absolute atomic E-state index is 12.2. The minimum atomic E-state index is -0.629. The van der Waals surface area contributed by atoms with Crippen molar-refractivity contribution in [2.75, 3.05) is 25.6 Å². The second-order valence-electron chi connectivity index (χ2n) is 6.04. The van der Waals surface area contributed by atoms with E-state index in [4.69, 9.17) is 9.47 Å². The number of carbonyl (C=O) groups is 4. The Morgan fingerprint density at radius 3 is 2.42 bits per heavy atom. The molecule has 2 atom stereocenters. The molecule has 1 aliphatic rings. The smallest absolute Gasteiger partial charge is 0.341 e. The molecule has 0 radical (unpaired) electrons. The van der Waals surface area contributed by atoms with Gasteiger partial charge >= 0.3 is 11.9 Å². The number of carbonyl (C=O) groups excluding carboxylic acids is 4. The Kier molecular flexibility index (Phi) is 6.36. The highest BCUT2D eigenvalue weighted by Gasteiger charge is 2.40. The third-order valence-electron chi connectivity index (χ3n) is 4.07. The molecule has 1 aliphatic carbocycles. The van der Waals surface area contributed by atoms with Crippen LogP contribution in [0.25, 0.3) is 0 Å². The molecule has 1 aromatic heterocycles. The molecule has 0 saturated heterocycles. The summed E-state index contributed by atoms with van der Waals surface area (Å²) in [5, 5.41) is 5.22. The van der Waals surface area contributed by atoms with Gasteiger partial charge in [0.25, 0.3) is 11.8 Å². The summed E-state index contributed by atoms with van der Waals surface area (Å²) >= 11 is 0.969. The Balaban J connectivity index is 2.13. The Hall–Kier alpha value is -2.42. The molecule has 142 valence electrons. The fourth-order valence-electron chi connectivity index (χ4n) is 2.44. The Morgan fingerprint density at radius 1 is 1.23 bits per heavy atom. The van der Waals surface area contributed by atoms with Gasteiger partial charge < -0.3 is 20.1 Å². The highest BCUT2D eigenvalue weighted by Crippen LogP contribution is 2.38. The van der Waals surface area contributed by atoms with E-state index >= 15 is 0 Å².